The zero-order valence-electron chi connectivity index (χ0n) is 68.9. The maximum Gasteiger partial charge on any atom is 0.271 e. The Labute approximate surface area is 750 Å². The van der Waals surface area contributed by atoms with E-state index in [-0.39, 0.29) is 100 Å². The summed E-state index contributed by atoms with van der Waals surface area (Å²) in [5, 5.41) is 65.7. The molecule has 0 radical (unpaired) electrons. The van der Waals surface area contributed by atoms with E-state index in [4.69, 9.17) is 94.8 Å². The highest BCUT2D eigenvalue weighted by Crippen LogP contribution is 2.37. The van der Waals surface area contributed by atoms with Gasteiger partial charge in [0.25, 0.3) is 23.6 Å². The number of hydrogen-bond acceptors (Lipinski definition) is 25. The van der Waals surface area contributed by atoms with Crippen LogP contribution in [0.5, 0.6) is 80.5 Å². The fourth-order valence-corrected chi connectivity index (χ4v) is 12.2. The molecule has 127 heavy (non-hydrogen) atoms. The number of halogens is 4. The second kappa shape index (κ2) is 48.4. The van der Waals surface area contributed by atoms with Crippen molar-refractivity contribution in [1.29, 1.82) is 0 Å². The normalized spacial score (nSPS) is 10.5. The number of phenols is 5. The Bertz CT molecular complexity index is 6370. The molecule has 0 saturated heterocycles. The van der Waals surface area contributed by atoms with E-state index in [9.17, 15) is 53.1 Å². The Morgan fingerprint density at radius 2 is 0.724 bits per heavy atom. The standard InChI is InChI=1S/C25H21ClN2O6S.C25H21ClN2O5.C24H19ClN2O5.C19H18ClN3O4/c1-16-4-7-20(8-5-16)35(31,32)11-10-18-12-17(13-23(33-2)24(18)34-3)15-27-28-25(30)19-6-9-22(29)21(26)14-19;1-31-23-14-17(16-27-28-25(30)19-10-11-22(29)21(26)15-19)13-18(24(23)32-2)7-6-12-33-20-8-4-3-5-9-20;1-31-22-12-16(14-26-27-24(30)18-8-9-21(29)20(25)13-18)10-17(23(22)32-2)7-6-15-4-3-5-19(28)11-15;1-26-17-9-12(8-13(4-3-7-21)18(17)27-2)11-22-23-19(25)14-5-6-16(24)15(20)10-14/h4-9,12-15,29H,1-3H3,(H,28,30);3-5,8-11,13-16,29H,12H2,1-2H3,(H,28,30);3-5,8-14,28-29H,1-2H3,(H,27,30);5-6,8-11,24H,7,21H2,1-2H3,(H,23,25)/b27-15+;27-16+;26-14+;22-11+. The number of carbonyl (C=O) groups excluding carboxylic acids is 4. The van der Waals surface area contributed by atoms with E-state index in [0.717, 1.165) is 11.3 Å². The van der Waals surface area contributed by atoms with Gasteiger partial charge in [-0.3, -0.25) is 19.2 Å². The van der Waals surface area contributed by atoms with Gasteiger partial charge in [0.05, 0.1) is 136 Å². The number of benzene rings is 11. The molecule has 4 amide bonds. The molecule has 29 nitrogen and oxygen atoms in total. The van der Waals surface area contributed by atoms with Crippen LogP contribution in [0.15, 0.2) is 225 Å². The number of phenolic OH excluding ortho intramolecular Hbond substituents is 5. The summed E-state index contributed by atoms with van der Waals surface area (Å²) >= 11 is 23.3. The molecule has 0 atom stereocenters. The van der Waals surface area contributed by atoms with Gasteiger partial charge in [0.15, 0.2) is 46.0 Å². The number of amides is 4. The van der Waals surface area contributed by atoms with E-state index in [1.165, 1.54) is 167 Å². The Morgan fingerprint density at radius 3 is 1.05 bits per heavy atom. The highest BCUT2D eigenvalue weighted by atomic mass is 35.5. The van der Waals surface area contributed by atoms with Crippen LogP contribution in [0.4, 0.5) is 0 Å². The van der Waals surface area contributed by atoms with Gasteiger partial charge in [-0.25, -0.2) is 30.1 Å². The highest BCUT2D eigenvalue weighted by Gasteiger charge is 2.19. The number of nitrogens with two attached hydrogens (primary N) is 1. The fourth-order valence-electron chi connectivity index (χ4n) is 10.7. The van der Waals surface area contributed by atoms with E-state index in [1.807, 2.05) is 37.3 Å². The maximum absolute atomic E-state index is 12.6. The van der Waals surface area contributed by atoms with Crippen molar-refractivity contribution in [3.63, 3.8) is 0 Å². The van der Waals surface area contributed by atoms with Crippen LogP contribution in [0.1, 0.15) is 97.1 Å². The van der Waals surface area contributed by atoms with Crippen LogP contribution in [-0.4, -0.2) is 152 Å². The molecule has 0 fully saturated rings. The number of aromatic hydroxyl groups is 5. The smallest absolute Gasteiger partial charge is 0.271 e. The third-order valence-electron chi connectivity index (χ3n) is 16.8. The number of rotatable bonds is 23. The van der Waals surface area contributed by atoms with Gasteiger partial charge in [0.2, 0.25) is 9.84 Å². The number of nitrogens with zero attached hydrogens (tertiary/aromatic N) is 4. The predicted octanol–water partition coefficient (Wildman–Crippen LogP) is 14.2. The molecule has 0 unspecified atom stereocenters. The molecule has 0 aliphatic carbocycles. The van der Waals surface area contributed by atoms with E-state index in [2.05, 4.69) is 88.8 Å². The molecule has 0 bridgehead atoms. The molecule has 0 saturated carbocycles. The van der Waals surface area contributed by atoms with Crippen molar-refractivity contribution in [3.05, 3.63) is 298 Å². The minimum absolute atomic E-state index is 0.0327. The molecule has 34 heteroatoms. The molecule has 0 aromatic heterocycles. The second-order valence-electron chi connectivity index (χ2n) is 25.4. The first-order valence-corrected chi connectivity index (χ1v) is 39.9. The van der Waals surface area contributed by atoms with Crippen molar-refractivity contribution in [2.75, 3.05) is 70.0 Å². The lowest BCUT2D eigenvalue weighted by Crippen LogP contribution is -2.17. The zero-order valence-corrected chi connectivity index (χ0v) is 72.8. The Kier molecular flexibility index (Phi) is 36.9. The first-order valence-electron chi connectivity index (χ1n) is 36.9. The number of para-hydroxylation sites is 1. The van der Waals surface area contributed by atoms with Crippen LogP contribution in [0.25, 0.3) is 0 Å². The molecule has 11 aromatic rings. The molecular formula is C93H79Cl4N9O20S. The van der Waals surface area contributed by atoms with Crippen LogP contribution in [0.2, 0.25) is 20.1 Å². The average molecular weight is 1820 g/mol. The monoisotopic (exact) mass is 1810 g/mol. The lowest BCUT2D eigenvalue weighted by Gasteiger charge is -2.10. The summed E-state index contributed by atoms with van der Waals surface area (Å²) in [5.74, 6) is 22.0. The first kappa shape index (κ1) is 96.9. The molecule has 11 N–H and O–H groups in total. The average Bonchev–Trinajstić information content (AvgIpc) is 0.819. The minimum atomic E-state index is -3.87. The maximum atomic E-state index is 12.6. The Morgan fingerprint density at radius 1 is 0.386 bits per heavy atom. The highest BCUT2D eigenvalue weighted by molar-refractivity contribution is 7.96. The number of hydrazone groups is 4. The summed E-state index contributed by atoms with van der Waals surface area (Å²) in [5.41, 5.74) is 21.8. The summed E-state index contributed by atoms with van der Waals surface area (Å²) in [4.78, 5) is 48.9. The van der Waals surface area contributed by atoms with Gasteiger partial charge < -0.3 is 73.9 Å². The number of ether oxygens (including phenoxy) is 9. The molecule has 0 spiro atoms. The molecule has 0 heterocycles. The first-order chi connectivity index (χ1) is 61.1. The molecule has 0 aliphatic rings. The number of sulfone groups is 1. The van der Waals surface area contributed by atoms with Gasteiger partial charge in [-0.1, -0.05) is 124 Å². The minimum Gasteiger partial charge on any atom is -0.508 e. The van der Waals surface area contributed by atoms with Gasteiger partial charge in [-0.2, -0.15) is 20.4 Å². The van der Waals surface area contributed by atoms with Crippen LogP contribution >= 0.6 is 46.4 Å². The quantitative estimate of drug-likeness (QED) is 0.0161. The fraction of sp³-hybridized carbons (Fsp3) is 0.118. The summed E-state index contributed by atoms with van der Waals surface area (Å²) in [6.07, 6.45) is 5.66. The number of hydrogen-bond donors (Lipinski definition) is 10. The van der Waals surface area contributed by atoms with Crippen molar-refractivity contribution >= 4 is 105 Å². The Hall–Kier alpha value is -15.5. The number of methoxy groups -OCH3 is 8. The molecule has 0 aliphatic heterocycles. The SMILES string of the molecule is COc1cc(/C=N/NC(=O)c2ccc(O)c(Cl)c2)cc(C#CCN)c1OC.COc1cc(/C=N/NC(=O)c2ccc(O)c(Cl)c2)cc(C#CCOc2ccccc2)c1OC.COc1cc(/C=N/NC(=O)c2ccc(O)c(Cl)c2)cc(C#CS(=O)(=O)c2ccc(C)cc2)c1OC.COc1cc(/C=N/NC(=O)c2ccc(O)c(Cl)c2)cc(C#Cc2cccc(O)c2)c1OC. The number of carbonyl (C=O) groups is 4. The van der Waals surface area contributed by atoms with Gasteiger partial charge in [-0.15, -0.1) is 0 Å². The van der Waals surface area contributed by atoms with Crippen molar-refractivity contribution in [1.82, 2.24) is 21.7 Å². The van der Waals surface area contributed by atoms with Gasteiger partial charge in [0, 0.05) is 33.1 Å². The molecule has 11 aromatic carbocycles. The topological polar surface area (TPSA) is 410 Å². The van der Waals surface area contributed by atoms with Gasteiger partial charge in [0.1, 0.15) is 41.1 Å². The van der Waals surface area contributed by atoms with Crippen LogP contribution in [0.3, 0.4) is 0 Å². The van der Waals surface area contributed by atoms with Crippen LogP contribution in [0, 0.1) is 53.6 Å². The summed E-state index contributed by atoms with van der Waals surface area (Å²) in [6.45, 7) is 2.25. The summed E-state index contributed by atoms with van der Waals surface area (Å²) in [6, 6.07) is 52.1. The van der Waals surface area contributed by atoms with E-state index < -0.39 is 33.5 Å². The molecule has 11 rings (SSSR count). The second-order valence-corrected chi connectivity index (χ2v) is 28.7. The van der Waals surface area contributed by atoms with Crippen LogP contribution in [-0.2, 0) is 9.84 Å². The third-order valence-corrected chi connectivity index (χ3v) is 19.3. The van der Waals surface area contributed by atoms with Gasteiger partial charge >= 0.3 is 0 Å². The Balaban J connectivity index is 0.000000210. The van der Waals surface area contributed by atoms with E-state index in [1.54, 1.807) is 84.9 Å². The third kappa shape index (κ3) is 28.8. The largest absolute Gasteiger partial charge is 0.508 e. The van der Waals surface area contributed by atoms with Gasteiger partial charge in [-0.05, 0) is 199 Å². The van der Waals surface area contributed by atoms with Crippen molar-refractivity contribution < 1.29 is 95.8 Å². The zero-order chi connectivity index (χ0) is 92.1. The molecule has 650 valence electrons. The number of nitrogens with one attached hydrogen (secondary N) is 4. The van der Waals surface area contributed by atoms with Crippen molar-refractivity contribution in [2.45, 2.75) is 11.8 Å². The van der Waals surface area contributed by atoms with Crippen LogP contribution < -0.4 is 70.1 Å². The lowest BCUT2D eigenvalue weighted by atomic mass is 10.1. The van der Waals surface area contributed by atoms with E-state index in [0.29, 0.717) is 84.8 Å². The summed E-state index contributed by atoms with van der Waals surface area (Å²) in [7, 11) is 8.04. The predicted molar refractivity (Wildman–Crippen MR) is 485 cm³/mol. The van der Waals surface area contributed by atoms with E-state index >= 15 is 0 Å². The van der Waals surface area contributed by atoms with Crippen molar-refractivity contribution in [3.8, 4) is 127 Å². The van der Waals surface area contributed by atoms with Crippen molar-refractivity contribution in [2.24, 2.45) is 26.1 Å². The summed E-state index contributed by atoms with van der Waals surface area (Å²) < 4.78 is 73.9. The lowest BCUT2D eigenvalue weighted by molar-refractivity contribution is 0.0947. The molecular weight excluding hydrogens is 1740 g/mol. The number of aryl methyl sites for hydroxylation is 1.